The van der Waals surface area contributed by atoms with Crippen molar-refractivity contribution >= 4 is 7.37 Å². The van der Waals surface area contributed by atoms with Gasteiger partial charge in [-0.05, 0) is 11.8 Å². The Morgan fingerprint density at radius 1 is 1.00 bits per heavy atom. The fourth-order valence-corrected chi connectivity index (χ4v) is 4.61. The normalized spacial score (nSPS) is 16.9. The van der Waals surface area contributed by atoms with Crippen LogP contribution in [-0.2, 0) is 14.0 Å². The summed E-state index contributed by atoms with van der Waals surface area (Å²) < 4.78 is 23.2. The summed E-state index contributed by atoms with van der Waals surface area (Å²) >= 11 is 0. The molecule has 0 saturated carbocycles. The van der Waals surface area contributed by atoms with E-state index in [0.717, 1.165) is 12.8 Å². The van der Waals surface area contributed by atoms with Crippen molar-refractivity contribution in [1.82, 2.24) is 0 Å². The van der Waals surface area contributed by atoms with Crippen molar-refractivity contribution in [1.29, 1.82) is 0 Å². The third kappa shape index (κ3) is 10.9. The third-order valence-electron chi connectivity index (χ3n) is 3.42. The van der Waals surface area contributed by atoms with E-state index >= 15 is 0 Å². The zero-order valence-corrected chi connectivity index (χ0v) is 14.4. The van der Waals surface area contributed by atoms with E-state index in [0.29, 0.717) is 38.8 Å². The van der Waals surface area contributed by atoms with Gasteiger partial charge in [-0.3, -0.25) is 4.57 Å². The minimum atomic E-state index is -3.15. The van der Waals surface area contributed by atoms with Gasteiger partial charge in [0, 0.05) is 12.3 Å². The molecule has 0 fully saturated rings. The summed E-state index contributed by atoms with van der Waals surface area (Å²) in [7, 11) is -3.15. The highest BCUT2D eigenvalue weighted by molar-refractivity contribution is 7.58. The highest BCUT2D eigenvalue weighted by atomic mass is 31.2. The van der Waals surface area contributed by atoms with Crippen LogP contribution in [0.4, 0.5) is 0 Å². The Kier molecular flexibility index (Phi) is 11.9. The summed E-state index contributed by atoms with van der Waals surface area (Å²) in [6.45, 7) is 13.2. The first-order valence-electron chi connectivity index (χ1n) is 7.67. The minimum Gasteiger partial charge on any atom is -0.377 e. The van der Waals surface area contributed by atoms with Crippen molar-refractivity contribution in [2.45, 2.75) is 26.7 Å². The van der Waals surface area contributed by atoms with E-state index in [-0.39, 0.29) is 11.8 Å². The first kappa shape index (κ1) is 20.6. The number of rotatable bonds is 14. The monoisotopic (exact) mass is 318 g/mol. The van der Waals surface area contributed by atoms with Crippen LogP contribution in [0.2, 0.25) is 0 Å². The summed E-state index contributed by atoms with van der Waals surface area (Å²) in [6, 6.07) is 0. The molecule has 0 bridgehead atoms. The fourth-order valence-electron chi connectivity index (χ4n) is 2.12. The quantitative estimate of drug-likeness (QED) is 0.301. The number of hydrogen-bond donors (Lipinski definition) is 1. The van der Waals surface area contributed by atoms with Crippen molar-refractivity contribution in [2.75, 3.05) is 38.8 Å². The van der Waals surface area contributed by atoms with E-state index in [4.69, 9.17) is 9.47 Å². The smallest absolute Gasteiger partial charge is 0.201 e. The predicted octanol–water partition coefficient (Wildman–Crippen LogP) is 3.71. The van der Waals surface area contributed by atoms with Crippen LogP contribution < -0.4 is 0 Å². The second-order valence-electron chi connectivity index (χ2n) is 5.41. The number of ether oxygens (including phenoxy) is 2. The van der Waals surface area contributed by atoms with Gasteiger partial charge in [-0.15, -0.1) is 13.2 Å². The first-order chi connectivity index (χ1) is 9.99. The maximum Gasteiger partial charge on any atom is 0.201 e. The standard InChI is InChI=1S/C16H31O4P/c1-5-9-19-11-15(7-3)13-21(17,18)14-16(8-4)12-20-10-6-2/h5-6,15-16H,1-2,7-14H2,3-4H3,(H,17,18). The Bertz CT molecular complexity index is 302. The lowest BCUT2D eigenvalue weighted by Gasteiger charge is -2.23. The molecule has 0 spiro atoms. The molecular weight excluding hydrogens is 287 g/mol. The van der Waals surface area contributed by atoms with Gasteiger partial charge in [0.1, 0.15) is 0 Å². The van der Waals surface area contributed by atoms with Crippen molar-refractivity contribution in [3.8, 4) is 0 Å². The van der Waals surface area contributed by atoms with Gasteiger partial charge < -0.3 is 14.4 Å². The van der Waals surface area contributed by atoms with Crippen molar-refractivity contribution < 1.29 is 18.9 Å². The molecule has 4 nitrogen and oxygen atoms in total. The Labute approximate surface area is 129 Å². The predicted molar refractivity (Wildman–Crippen MR) is 89.2 cm³/mol. The summed E-state index contributed by atoms with van der Waals surface area (Å²) in [4.78, 5) is 10.2. The lowest BCUT2D eigenvalue weighted by Crippen LogP contribution is -2.19. The average molecular weight is 318 g/mol. The molecule has 5 heteroatoms. The van der Waals surface area contributed by atoms with Crippen molar-refractivity contribution in [3.63, 3.8) is 0 Å². The fraction of sp³-hybridized carbons (Fsp3) is 0.750. The summed E-state index contributed by atoms with van der Waals surface area (Å²) in [5, 5.41) is 0. The Morgan fingerprint density at radius 3 is 1.67 bits per heavy atom. The first-order valence-corrected chi connectivity index (χ1v) is 9.70. The molecule has 0 amide bonds. The van der Waals surface area contributed by atoms with E-state index < -0.39 is 7.37 Å². The summed E-state index contributed by atoms with van der Waals surface area (Å²) in [5.74, 6) is 0.236. The minimum absolute atomic E-state index is 0.118. The van der Waals surface area contributed by atoms with Crippen LogP contribution in [0, 0.1) is 11.8 Å². The van der Waals surface area contributed by atoms with Gasteiger partial charge in [-0.25, -0.2) is 0 Å². The highest BCUT2D eigenvalue weighted by Crippen LogP contribution is 2.45. The van der Waals surface area contributed by atoms with Crippen LogP contribution in [0.25, 0.3) is 0 Å². The van der Waals surface area contributed by atoms with E-state index in [1.807, 2.05) is 13.8 Å². The van der Waals surface area contributed by atoms with Crippen molar-refractivity contribution in [2.24, 2.45) is 11.8 Å². The van der Waals surface area contributed by atoms with Gasteiger partial charge in [0.25, 0.3) is 0 Å². The lowest BCUT2D eigenvalue weighted by molar-refractivity contribution is 0.124. The second kappa shape index (κ2) is 12.2. The SMILES string of the molecule is C=CCOCC(CC)CP(=O)(O)CC(CC)COCC=C. The van der Waals surface area contributed by atoms with Crippen LogP contribution >= 0.6 is 7.37 Å². The van der Waals surface area contributed by atoms with E-state index in [9.17, 15) is 9.46 Å². The van der Waals surface area contributed by atoms with Gasteiger partial charge in [0.05, 0.1) is 26.4 Å². The van der Waals surface area contributed by atoms with Gasteiger partial charge in [-0.1, -0.05) is 38.8 Å². The Hall–Kier alpha value is -0.410. The second-order valence-corrected chi connectivity index (χ2v) is 7.84. The van der Waals surface area contributed by atoms with Crippen molar-refractivity contribution in [3.05, 3.63) is 25.3 Å². The molecular formula is C16H31O4P. The molecule has 0 aliphatic carbocycles. The molecule has 0 heterocycles. The third-order valence-corrected chi connectivity index (χ3v) is 5.59. The van der Waals surface area contributed by atoms with Crippen LogP contribution in [0.5, 0.6) is 0 Å². The maximum atomic E-state index is 12.4. The molecule has 1 N–H and O–H groups in total. The summed E-state index contributed by atoms with van der Waals surface area (Å²) in [6.07, 6.45) is 5.69. The van der Waals surface area contributed by atoms with Crippen LogP contribution in [0.15, 0.2) is 25.3 Å². The zero-order valence-electron chi connectivity index (χ0n) is 13.5. The molecule has 2 unspecified atom stereocenters. The largest absolute Gasteiger partial charge is 0.377 e. The molecule has 0 rings (SSSR count). The van der Waals surface area contributed by atoms with Gasteiger partial charge >= 0.3 is 0 Å². The van der Waals surface area contributed by atoms with E-state index in [2.05, 4.69) is 13.2 Å². The van der Waals surface area contributed by atoms with Crippen LogP contribution in [0.1, 0.15) is 26.7 Å². The molecule has 0 aromatic carbocycles. The molecule has 0 aromatic rings. The molecule has 0 radical (unpaired) electrons. The number of hydrogen-bond acceptors (Lipinski definition) is 3. The molecule has 21 heavy (non-hydrogen) atoms. The molecule has 124 valence electrons. The molecule has 0 saturated heterocycles. The van der Waals surface area contributed by atoms with E-state index in [1.54, 1.807) is 12.2 Å². The average Bonchev–Trinajstić information content (AvgIpc) is 2.45. The maximum absolute atomic E-state index is 12.4. The lowest BCUT2D eigenvalue weighted by atomic mass is 10.1. The Balaban J connectivity index is 4.31. The van der Waals surface area contributed by atoms with Gasteiger partial charge in [0.2, 0.25) is 7.37 Å². The summed E-state index contributed by atoms with van der Waals surface area (Å²) in [5.41, 5.74) is 0. The molecule has 2 atom stereocenters. The molecule has 0 aromatic heterocycles. The van der Waals surface area contributed by atoms with Gasteiger partial charge in [0.15, 0.2) is 0 Å². The van der Waals surface area contributed by atoms with Gasteiger partial charge in [-0.2, -0.15) is 0 Å². The van der Waals surface area contributed by atoms with E-state index in [1.165, 1.54) is 0 Å². The Morgan fingerprint density at radius 2 is 1.38 bits per heavy atom. The molecule has 0 aliphatic rings. The molecule has 0 aliphatic heterocycles. The van der Waals surface area contributed by atoms with Crippen LogP contribution in [0.3, 0.4) is 0 Å². The highest BCUT2D eigenvalue weighted by Gasteiger charge is 2.27. The zero-order chi connectivity index (χ0) is 16.1. The van der Waals surface area contributed by atoms with Crippen LogP contribution in [-0.4, -0.2) is 43.6 Å². The topological polar surface area (TPSA) is 55.8 Å².